The molecule has 0 aliphatic heterocycles. The molecule has 1 aromatic carbocycles. The predicted octanol–water partition coefficient (Wildman–Crippen LogP) is 2.01. The van der Waals surface area contributed by atoms with Gasteiger partial charge in [-0.15, -0.1) is 0 Å². The molecular formula is C12H14N2O2. The van der Waals surface area contributed by atoms with Gasteiger partial charge in [0.25, 0.3) is 0 Å². The van der Waals surface area contributed by atoms with E-state index in [1.165, 1.54) is 0 Å². The van der Waals surface area contributed by atoms with Gasteiger partial charge in [0.05, 0.1) is 19.0 Å². The second kappa shape index (κ2) is 4.37. The number of aromatic nitrogens is 2. The SMILES string of the molecule is Cc1cc(Oc2cnn(C)c2)ccc1CO. The number of hydrogen-bond acceptors (Lipinski definition) is 3. The van der Waals surface area contributed by atoms with Gasteiger partial charge in [-0.3, -0.25) is 4.68 Å². The van der Waals surface area contributed by atoms with Gasteiger partial charge >= 0.3 is 0 Å². The molecule has 0 saturated carbocycles. The molecule has 0 spiro atoms. The zero-order valence-corrected chi connectivity index (χ0v) is 9.34. The topological polar surface area (TPSA) is 47.3 Å². The third kappa shape index (κ3) is 2.23. The largest absolute Gasteiger partial charge is 0.454 e. The van der Waals surface area contributed by atoms with Gasteiger partial charge < -0.3 is 9.84 Å². The van der Waals surface area contributed by atoms with Gasteiger partial charge in [-0.1, -0.05) is 6.07 Å². The molecule has 2 aromatic rings. The first-order chi connectivity index (χ1) is 7.69. The van der Waals surface area contributed by atoms with Gasteiger partial charge in [0.1, 0.15) is 5.75 Å². The van der Waals surface area contributed by atoms with Crippen molar-refractivity contribution in [3.05, 3.63) is 41.7 Å². The van der Waals surface area contributed by atoms with Crippen molar-refractivity contribution in [1.29, 1.82) is 0 Å². The Bertz CT molecular complexity index is 492. The average Bonchev–Trinajstić information content (AvgIpc) is 2.64. The highest BCUT2D eigenvalue weighted by molar-refractivity contribution is 5.36. The zero-order valence-electron chi connectivity index (χ0n) is 9.34. The summed E-state index contributed by atoms with van der Waals surface area (Å²) in [5.41, 5.74) is 1.93. The van der Waals surface area contributed by atoms with Gasteiger partial charge in [0.15, 0.2) is 5.75 Å². The minimum Gasteiger partial charge on any atom is -0.454 e. The van der Waals surface area contributed by atoms with E-state index in [4.69, 9.17) is 9.84 Å². The Morgan fingerprint density at radius 1 is 1.38 bits per heavy atom. The van der Waals surface area contributed by atoms with Crippen molar-refractivity contribution in [2.24, 2.45) is 7.05 Å². The normalized spacial score (nSPS) is 10.4. The Hall–Kier alpha value is -1.81. The van der Waals surface area contributed by atoms with Crippen LogP contribution in [-0.4, -0.2) is 14.9 Å². The van der Waals surface area contributed by atoms with Crippen molar-refractivity contribution in [1.82, 2.24) is 9.78 Å². The smallest absolute Gasteiger partial charge is 0.165 e. The summed E-state index contributed by atoms with van der Waals surface area (Å²) in [6, 6.07) is 5.60. The number of ether oxygens (including phenoxy) is 1. The first-order valence-electron chi connectivity index (χ1n) is 5.06. The number of nitrogens with zero attached hydrogens (tertiary/aromatic N) is 2. The van der Waals surface area contributed by atoms with E-state index >= 15 is 0 Å². The van der Waals surface area contributed by atoms with E-state index < -0.39 is 0 Å². The molecule has 16 heavy (non-hydrogen) atoms. The number of aliphatic hydroxyl groups is 1. The molecule has 2 rings (SSSR count). The maximum atomic E-state index is 9.05. The van der Waals surface area contributed by atoms with Gasteiger partial charge in [0, 0.05) is 7.05 Å². The number of benzene rings is 1. The van der Waals surface area contributed by atoms with Crippen molar-refractivity contribution in [3.63, 3.8) is 0 Å². The quantitative estimate of drug-likeness (QED) is 0.857. The summed E-state index contributed by atoms with van der Waals surface area (Å²) in [5.74, 6) is 1.46. The molecule has 0 aliphatic rings. The Kier molecular flexibility index (Phi) is 2.92. The van der Waals surface area contributed by atoms with Crippen LogP contribution in [0.25, 0.3) is 0 Å². The van der Waals surface area contributed by atoms with Crippen molar-refractivity contribution in [2.75, 3.05) is 0 Å². The van der Waals surface area contributed by atoms with Crippen molar-refractivity contribution in [2.45, 2.75) is 13.5 Å². The number of aliphatic hydroxyl groups excluding tert-OH is 1. The molecule has 84 valence electrons. The molecule has 0 amide bonds. The molecule has 1 heterocycles. The number of aryl methyl sites for hydroxylation is 2. The fourth-order valence-electron chi connectivity index (χ4n) is 1.50. The number of hydrogen-bond donors (Lipinski definition) is 1. The Labute approximate surface area is 94.1 Å². The van der Waals surface area contributed by atoms with Crippen LogP contribution >= 0.6 is 0 Å². The van der Waals surface area contributed by atoms with Crippen LogP contribution in [0.3, 0.4) is 0 Å². The monoisotopic (exact) mass is 218 g/mol. The summed E-state index contributed by atoms with van der Waals surface area (Å²) in [6.07, 6.45) is 3.46. The maximum Gasteiger partial charge on any atom is 0.165 e. The van der Waals surface area contributed by atoms with Crippen LogP contribution in [0.4, 0.5) is 0 Å². The van der Waals surface area contributed by atoms with Crippen LogP contribution in [0.5, 0.6) is 11.5 Å². The van der Waals surface area contributed by atoms with Crippen LogP contribution < -0.4 is 4.74 Å². The Balaban J connectivity index is 2.19. The van der Waals surface area contributed by atoms with Crippen LogP contribution in [0.2, 0.25) is 0 Å². The molecule has 0 fully saturated rings. The van der Waals surface area contributed by atoms with Gasteiger partial charge in [0.2, 0.25) is 0 Å². The predicted molar refractivity (Wildman–Crippen MR) is 60.4 cm³/mol. The molecule has 4 nitrogen and oxygen atoms in total. The lowest BCUT2D eigenvalue weighted by atomic mass is 10.1. The minimum absolute atomic E-state index is 0.0546. The summed E-state index contributed by atoms with van der Waals surface area (Å²) in [5, 5.41) is 13.1. The standard InChI is InChI=1S/C12H14N2O2/c1-9-5-11(4-3-10(9)8-15)16-12-6-13-14(2)7-12/h3-7,15H,8H2,1-2H3. The highest BCUT2D eigenvalue weighted by atomic mass is 16.5. The fraction of sp³-hybridized carbons (Fsp3) is 0.250. The average molecular weight is 218 g/mol. The molecule has 0 radical (unpaired) electrons. The first-order valence-corrected chi connectivity index (χ1v) is 5.06. The lowest BCUT2D eigenvalue weighted by Gasteiger charge is -2.06. The van der Waals surface area contributed by atoms with Crippen molar-refractivity contribution < 1.29 is 9.84 Å². The fourth-order valence-corrected chi connectivity index (χ4v) is 1.50. The zero-order chi connectivity index (χ0) is 11.5. The van der Waals surface area contributed by atoms with E-state index in [1.807, 2.05) is 32.2 Å². The van der Waals surface area contributed by atoms with E-state index in [1.54, 1.807) is 17.1 Å². The van der Waals surface area contributed by atoms with E-state index in [9.17, 15) is 0 Å². The summed E-state index contributed by atoms with van der Waals surface area (Å²) in [4.78, 5) is 0. The van der Waals surface area contributed by atoms with E-state index in [0.717, 1.165) is 16.9 Å². The van der Waals surface area contributed by atoms with E-state index in [0.29, 0.717) is 5.75 Å². The third-order valence-corrected chi connectivity index (χ3v) is 2.40. The van der Waals surface area contributed by atoms with Crippen LogP contribution in [0, 0.1) is 6.92 Å². The lowest BCUT2D eigenvalue weighted by Crippen LogP contribution is -1.90. The number of rotatable bonds is 3. The highest BCUT2D eigenvalue weighted by Gasteiger charge is 2.02. The van der Waals surface area contributed by atoms with Crippen molar-refractivity contribution >= 4 is 0 Å². The first kappa shape index (κ1) is 10.7. The summed E-state index contributed by atoms with van der Waals surface area (Å²) >= 11 is 0. The second-order valence-electron chi connectivity index (χ2n) is 3.70. The lowest BCUT2D eigenvalue weighted by molar-refractivity contribution is 0.281. The second-order valence-corrected chi connectivity index (χ2v) is 3.70. The highest BCUT2D eigenvalue weighted by Crippen LogP contribution is 2.23. The molecule has 4 heteroatoms. The van der Waals surface area contributed by atoms with Gasteiger partial charge in [-0.25, -0.2) is 0 Å². The van der Waals surface area contributed by atoms with E-state index in [2.05, 4.69) is 5.10 Å². The molecule has 0 aliphatic carbocycles. The molecule has 0 atom stereocenters. The molecular weight excluding hydrogens is 204 g/mol. The summed E-state index contributed by atoms with van der Waals surface area (Å²) in [6.45, 7) is 2.00. The van der Waals surface area contributed by atoms with Gasteiger partial charge in [-0.05, 0) is 30.2 Å². The maximum absolute atomic E-state index is 9.05. The molecule has 1 aromatic heterocycles. The molecule has 1 N–H and O–H groups in total. The van der Waals surface area contributed by atoms with Crippen LogP contribution in [0.15, 0.2) is 30.6 Å². The third-order valence-electron chi connectivity index (χ3n) is 2.40. The summed E-state index contributed by atoms with van der Waals surface area (Å²) < 4.78 is 7.30. The molecule has 0 bridgehead atoms. The van der Waals surface area contributed by atoms with Crippen LogP contribution in [0.1, 0.15) is 11.1 Å². The summed E-state index contributed by atoms with van der Waals surface area (Å²) in [7, 11) is 1.84. The Morgan fingerprint density at radius 3 is 2.75 bits per heavy atom. The van der Waals surface area contributed by atoms with E-state index in [-0.39, 0.29) is 6.61 Å². The van der Waals surface area contributed by atoms with Crippen LogP contribution in [-0.2, 0) is 13.7 Å². The molecule has 0 unspecified atom stereocenters. The molecule has 0 saturated heterocycles. The van der Waals surface area contributed by atoms with Gasteiger partial charge in [-0.2, -0.15) is 5.10 Å². The minimum atomic E-state index is 0.0546. The Morgan fingerprint density at radius 2 is 2.19 bits per heavy atom. The van der Waals surface area contributed by atoms with Crippen molar-refractivity contribution in [3.8, 4) is 11.5 Å².